The Balaban J connectivity index is 2.34. The third-order valence-electron chi connectivity index (χ3n) is 2.55. The van der Waals surface area contributed by atoms with E-state index < -0.39 is 5.60 Å². The summed E-state index contributed by atoms with van der Waals surface area (Å²) in [6.07, 6.45) is 2.77. The van der Waals surface area contributed by atoms with Crippen LogP contribution in [0.1, 0.15) is 12.1 Å². The van der Waals surface area contributed by atoms with E-state index in [2.05, 4.69) is 5.32 Å². The lowest BCUT2D eigenvalue weighted by atomic mass is 9.99. The fraction of sp³-hybridized carbons (Fsp3) is 0.556. The molecule has 12 heavy (non-hydrogen) atoms. The van der Waals surface area contributed by atoms with Crippen molar-refractivity contribution in [3.8, 4) is 0 Å². The Labute approximate surface area is 72.0 Å². The predicted molar refractivity (Wildman–Crippen MR) is 46.8 cm³/mol. The highest BCUT2D eigenvalue weighted by atomic mass is 16.3. The van der Waals surface area contributed by atoms with Crippen LogP contribution in [-0.4, -0.2) is 22.8 Å². The van der Waals surface area contributed by atoms with Gasteiger partial charge in [0, 0.05) is 19.8 Å². The summed E-state index contributed by atoms with van der Waals surface area (Å²) in [5.41, 5.74) is 0.366. The quantitative estimate of drug-likeness (QED) is 0.625. The lowest BCUT2D eigenvalue weighted by Crippen LogP contribution is -2.30. The second-order valence-corrected chi connectivity index (χ2v) is 3.46. The van der Waals surface area contributed by atoms with E-state index in [9.17, 15) is 5.11 Å². The standard InChI is InChI=1S/C9H14N2O/c1-11-6-2-3-8(11)9(12)4-5-10-7-9/h2-3,6,10,12H,4-5,7H2,1H3. The van der Waals surface area contributed by atoms with Crippen molar-refractivity contribution in [3.63, 3.8) is 0 Å². The largest absolute Gasteiger partial charge is 0.382 e. The SMILES string of the molecule is Cn1cccc1C1(O)CCNC1. The molecule has 1 atom stereocenters. The minimum absolute atomic E-state index is 0.641. The molecule has 0 saturated carbocycles. The number of β-amino-alcohol motifs (C(OH)–C–C–N with tert-alkyl or cyclic N) is 1. The van der Waals surface area contributed by atoms with E-state index in [4.69, 9.17) is 0 Å². The molecular weight excluding hydrogens is 152 g/mol. The first-order valence-electron chi connectivity index (χ1n) is 4.27. The summed E-state index contributed by atoms with van der Waals surface area (Å²) >= 11 is 0. The van der Waals surface area contributed by atoms with Crippen molar-refractivity contribution in [3.05, 3.63) is 24.0 Å². The number of aliphatic hydroxyl groups is 1. The molecule has 1 saturated heterocycles. The molecule has 1 unspecified atom stereocenters. The Kier molecular flexibility index (Phi) is 1.70. The Hall–Kier alpha value is -0.800. The highest BCUT2D eigenvalue weighted by Crippen LogP contribution is 2.27. The van der Waals surface area contributed by atoms with E-state index in [1.165, 1.54) is 0 Å². The van der Waals surface area contributed by atoms with E-state index in [0.717, 1.165) is 18.7 Å². The van der Waals surface area contributed by atoms with Gasteiger partial charge in [-0.25, -0.2) is 0 Å². The smallest absolute Gasteiger partial charge is 0.118 e. The van der Waals surface area contributed by atoms with Crippen LogP contribution >= 0.6 is 0 Å². The summed E-state index contributed by atoms with van der Waals surface area (Å²) < 4.78 is 1.98. The minimum Gasteiger partial charge on any atom is -0.382 e. The molecule has 2 rings (SSSR count). The van der Waals surface area contributed by atoms with Gasteiger partial charge in [-0.3, -0.25) is 0 Å². The third-order valence-corrected chi connectivity index (χ3v) is 2.55. The topological polar surface area (TPSA) is 37.2 Å². The van der Waals surface area contributed by atoms with Crippen molar-refractivity contribution >= 4 is 0 Å². The lowest BCUT2D eigenvalue weighted by molar-refractivity contribution is 0.0512. The molecule has 0 amide bonds. The Morgan fingerprint density at radius 1 is 1.67 bits per heavy atom. The van der Waals surface area contributed by atoms with Crippen molar-refractivity contribution < 1.29 is 5.11 Å². The summed E-state index contributed by atoms with van der Waals surface area (Å²) in [4.78, 5) is 0. The summed E-state index contributed by atoms with van der Waals surface area (Å²) in [5, 5.41) is 13.3. The Morgan fingerprint density at radius 2 is 2.50 bits per heavy atom. The molecule has 3 heteroatoms. The van der Waals surface area contributed by atoms with Gasteiger partial charge in [-0.05, 0) is 25.1 Å². The zero-order valence-electron chi connectivity index (χ0n) is 7.25. The van der Waals surface area contributed by atoms with Crippen molar-refractivity contribution in [2.24, 2.45) is 7.05 Å². The highest BCUT2D eigenvalue weighted by molar-refractivity contribution is 5.17. The van der Waals surface area contributed by atoms with Crippen LogP contribution < -0.4 is 5.32 Å². The lowest BCUT2D eigenvalue weighted by Gasteiger charge is -2.22. The fourth-order valence-corrected chi connectivity index (χ4v) is 1.84. The fourth-order valence-electron chi connectivity index (χ4n) is 1.84. The summed E-state index contributed by atoms with van der Waals surface area (Å²) in [6.45, 7) is 1.58. The summed E-state index contributed by atoms with van der Waals surface area (Å²) in [6, 6.07) is 3.94. The van der Waals surface area contributed by atoms with Crippen LogP contribution in [-0.2, 0) is 12.6 Å². The maximum absolute atomic E-state index is 10.1. The molecule has 0 aliphatic carbocycles. The van der Waals surface area contributed by atoms with E-state index >= 15 is 0 Å². The van der Waals surface area contributed by atoms with Crippen LogP contribution in [0.4, 0.5) is 0 Å². The average molecular weight is 166 g/mol. The maximum atomic E-state index is 10.1. The molecule has 0 radical (unpaired) electrons. The first kappa shape index (κ1) is 7.83. The Bertz CT molecular complexity index is 274. The predicted octanol–water partition coefficient (Wildman–Crippen LogP) is 0.206. The number of hydrogen-bond donors (Lipinski definition) is 2. The zero-order chi connectivity index (χ0) is 8.60. The van der Waals surface area contributed by atoms with Crippen LogP contribution in [0.2, 0.25) is 0 Å². The molecule has 66 valence electrons. The number of hydrogen-bond acceptors (Lipinski definition) is 2. The minimum atomic E-state index is -0.641. The van der Waals surface area contributed by atoms with Crippen LogP contribution in [0.15, 0.2) is 18.3 Å². The van der Waals surface area contributed by atoms with Gasteiger partial charge in [0.25, 0.3) is 0 Å². The highest BCUT2D eigenvalue weighted by Gasteiger charge is 2.34. The molecule has 1 aromatic heterocycles. The molecule has 1 fully saturated rings. The van der Waals surface area contributed by atoms with Gasteiger partial charge in [-0.15, -0.1) is 0 Å². The third kappa shape index (κ3) is 1.06. The summed E-state index contributed by atoms with van der Waals surface area (Å²) in [7, 11) is 1.96. The van der Waals surface area contributed by atoms with E-state index in [-0.39, 0.29) is 0 Å². The number of rotatable bonds is 1. The number of aromatic nitrogens is 1. The van der Waals surface area contributed by atoms with E-state index in [1.54, 1.807) is 0 Å². The van der Waals surface area contributed by atoms with Gasteiger partial charge >= 0.3 is 0 Å². The molecular formula is C9H14N2O. The van der Waals surface area contributed by atoms with Crippen LogP contribution in [0, 0.1) is 0 Å². The van der Waals surface area contributed by atoms with Crippen LogP contribution in [0.25, 0.3) is 0 Å². The van der Waals surface area contributed by atoms with Gasteiger partial charge < -0.3 is 15.0 Å². The zero-order valence-corrected chi connectivity index (χ0v) is 7.25. The molecule has 3 nitrogen and oxygen atoms in total. The summed E-state index contributed by atoms with van der Waals surface area (Å²) in [5.74, 6) is 0. The molecule has 1 aliphatic rings. The van der Waals surface area contributed by atoms with Gasteiger partial charge in [0.05, 0.1) is 5.69 Å². The molecule has 0 spiro atoms. The molecule has 2 N–H and O–H groups in total. The van der Waals surface area contributed by atoms with Crippen molar-refractivity contribution in [1.82, 2.24) is 9.88 Å². The monoisotopic (exact) mass is 166 g/mol. The normalized spacial score (nSPS) is 29.5. The molecule has 1 aromatic rings. The van der Waals surface area contributed by atoms with E-state index in [1.807, 2.05) is 29.9 Å². The van der Waals surface area contributed by atoms with Gasteiger partial charge in [-0.2, -0.15) is 0 Å². The maximum Gasteiger partial charge on any atom is 0.118 e. The second-order valence-electron chi connectivity index (χ2n) is 3.46. The number of nitrogens with zero attached hydrogens (tertiary/aromatic N) is 1. The average Bonchev–Trinajstić information content (AvgIpc) is 2.59. The first-order chi connectivity index (χ1) is 5.72. The molecule has 0 bridgehead atoms. The number of aryl methyl sites for hydroxylation is 1. The number of nitrogens with one attached hydrogen (secondary N) is 1. The van der Waals surface area contributed by atoms with Gasteiger partial charge in [0.15, 0.2) is 0 Å². The molecule has 1 aliphatic heterocycles. The molecule has 0 aromatic carbocycles. The first-order valence-corrected chi connectivity index (χ1v) is 4.27. The van der Waals surface area contributed by atoms with Crippen molar-refractivity contribution in [2.45, 2.75) is 12.0 Å². The van der Waals surface area contributed by atoms with E-state index in [0.29, 0.717) is 6.54 Å². The van der Waals surface area contributed by atoms with Gasteiger partial charge in [0.1, 0.15) is 5.60 Å². The van der Waals surface area contributed by atoms with Crippen LogP contribution in [0.5, 0.6) is 0 Å². The second kappa shape index (κ2) is 2.61. The molecule has 2 heterocycles. The van der Waals surface area contributed by atoms with Crippen LogP contribution in [0.3, 0.4) is 0 Å². The Morgan fingerprint density at radius 3 is 3.00 bits per heavy atom. The van der Waals surface area contributed by atoms with Gasteiger partial charge in [-0.1, -0.05) is 0 Å². The van der Waals surface area contributed by atoms with Gasteiger partial charge in [0.2, 0.25) is 0 Å². The van der Waals surface area contributed by atoms with Crippen molar-refractivity contribution in [1.29, 1.82) is 0 Å². The van der Waals surface area contributed by atoms with Crippen molar-refractivity contribution in [2.75, 3.05) is 13.1 Å².